The molecule has 2 heterocycles. The molecule has 1 aliphatic rings. The van der Waals surface area contributed by atoms with Gasteiger partial charge < -0.3 is 9.42 Å². The Morgan fingerprint density at radius 3 is 2.70 bits per heavy atom. The smallest absolute Gasteiger partial charge is 0.257 e. The Morgan fingerprint density at radius 2 is 1.93 bits per heavy atom. The first-order valence-electron chi connectivity index (χ1n) is 8.90. The van der Waals surface area contributed by atoms with Crippen LogP contribution in [-0.2, 0) is 4.79 Å². The van der Waals surface area contributed by atoms with Gasteiger partial charge in [0.15, 0.2) is 5.82 Å². The number of amides is 1. The minimum absolute atomic E-state index is 0.137. The summed E-state index contributed by atoms with van der Waals surface area (Å²) in [5.41, 5.74) is 4.39. The highest BCUT2D eigenvalue weighted by Gasteiger charge is 2.35. The van der Waals surface area contributed by atoms with Gasteiger partial charge in [-0.15, -0.1) is 0 Å². The minimum atomic E-state index is -0.404. The summed E-state index contributed by atoms with van der Waals surface area (Å²) in [7, 11) is 0. The van der Waals surface area contributed by atoms with Gasteiger partial charge in [0, 0.05) is 24.4 Å². The third kappa shape index (κ3) is 3.23. The lowest BCUT2D eigenvalue weighted by atomic mass is 10.1. The van der Waals surface area contributed by atoms with E-state index in [9.17, 15) is 9.18 Å². The van der Waals surface area contributed by atoms with E-state index in [1.54, 1.807) is 12.1 Å². The molecule has 0 spiro atoms. The molecule has 0 saturated carbocycles. The summed E-state index contributed by atoms with van der Waals surface area (Å²) in [6, 6.07) is 10.7. The van der Waals surface area contributed by atoms with Gasteiger partial charge in [0.1, 0.15) is 5.82 Å². The van der Waals surface area contributed by atoms with E-state index < -0.39 is 5.82 Å². The van der Waals surface area contributed by atoms with E-state index in [4.69, 9.17) is 4.52 Å². The van der Waals surface area contributed by atoms with E-state index in [2.05, 4.69) is 10.1 Å². The van der Waals surface area contributed by atoms with E-state index >= 15 is 0 Å². The average Bonchev–Trinajstić information content (AvgIpc) is 3.26. The summed E-state index contributed by atoms with van der Waals surface area (Å²) in [6.07, 6.45) is 0.235. The molecule has 1 saturated heterocycles. The molecule has 5 nitrogen and oxygen atoms in total. The Bertz CT molecular complexity index is 1030. The van der Waals surface area contributed by atoms with Crippen molar-refractivity contribution < 1.29 is 13.7 Å². The summed E-state index contributed by atoms with van der Waals surface area (Å²) in [4.78, 5) is 18.4. The molecule has 1 unspecified atom stereocenters. The summed E-state index contributed by atoms with van der Waals surface area (Å²) in [5.74, 6) is 0.148. The lowest BCUT2D eigenvalue weighted by Crippen LogP contribution is -2.25. The molecule has 1 atom stereocenters. The van der Waals surface area contributed by atoms with Crippen molar-refractivity contribution in [3.05, 3.63) is 64.7 Å². The number of halogens is 1. The van der Waals surface area contributed by atoms with Gasteiger partial charge in [0.2, 0.25) is 5.91 Å². The second kappa shape index (κ2) is 6.61. The Labute approximate surface area is 156 Å². The first-order valence-corrected chi connectivity index (χ1v) is 8.90. The maximum absolute atomic E-state index is 14.2. The molecule has 4 rings (SSSR count). The number of carbonyl (C=O) groups is 1. The van der Waals surface area contributed by atoms with Gasteiger partial charge in [0.25, 0.3) is 5.89 Å². The van der Waals surface area contributed by atoms with Gasteiger partial charge in [-0.2, -0.15) is 4.98 Å². The fraction of sp³-hybridized carbons (Fsp3) is 0.286. The van der Waals surface area contributed by atoms with Crippen molar-refractivity contribution in [1.29, 1.82) is 0 Å². The SMILES string of the molecule is Cc1ccc(F)c(N2CC(c3noc(-c4ccc(C)c(C)c4)n3)CC2=O)c1. The zero-order valence-corrected chi connectivity index (χ0v) is 15.5. The maximum Gasteiger partial charge on any atom is 0.257 e. The van der Waals surface area contributed by atoms with Crippen molar-refractivity contribution >= 4 is 11.6 Å². The Kier molecular flexibility index (Phi) is 4.26. The number of nitrogens with zero attached hydrogens (tertiary/aromatic N) is 3. The van der Waals surface area contributed by atoms with Crippen molar-refractivity contribution in [2.24, 2.45) is 0 Å². The number of anilines is 1. The third-order valence-corrected chi connectivity index (χ3v) is 5.08. The molecule has 1 fully saturated rings. The molecule has 0 radical (unpaired) electrons. The summed E-state index contributed by atoms with van der Waals surface area (Å²) in [6.45, 7) is 6.28. The normalized spacial score (nSPS) is 17.0. The van der Waals surface area contributed by atoms with Crippen LogP contribution in [0.15, 0.2) is 40.9 Å². The predicted molar refractivity (Wildman–Crippen MR) is 100 cm³/mol. The molecule has 0 bridgehead atoms. The lowest BCUT2D eigenvalue weighted by Gasteiger charge is -2.17. The topological polar surface area (TPSA) is 59.2 Å². The van der Waals surface area contributed by atoms with Gasteiger partial charge in [-0.1, -0.05) is 17.3 Å². The second-order valence-electron chi connectivity index (χ2n) is 7.12. The fourth-order valence-corrected chi connectivity index (χ4v) is 3.34. The number of carbonyl (C=O) groups excluding carboxylic acids is 1. The number of rotatable bonds is 3. The van der Waals surface area contributed by atoms with E-state index in [1.807, 2.05) is 39.0 Å². The highest BCUT2D eigenvalue weighted by Crippen LogP contribution is 2.33. The molecule has 138 valence electrons. The van der Waals surface area contributed by atoms with Crippen LogP contribution in [0.4, 0.5) is 10.1 Å². The highest BCUT2D eigenvalue weighted by atomic mass is 19.1. The van der Waals surface area contributed by atoms with E-state index in [1.165, 1.54) is 16.5 Å². The van der Waals surface area contributed by atoms with E-state index in [-0.39, 0.29) is 18.2 Å². The van der Waals surface area contributed by atoms with Crippen LogP contribution in [0.2, 0.25) is 0 Å². The molecule has 2 aromatic carbocycles. The van der Waals surface area contributed by atoms with Crippen molar-refractivity contribution in [2.75, 3.05) is 11.4 Å². The molecule has 3 aromatic rings. The van der Waals surface area contributed by atoms with E-state index in [0.717, 1.165) is 16.7 Å². The first-order chi connectivity index (χ1) is 12.9. The van der Waals surface area contributed by atoms with Crippen LogP contribution < -0.4 is 4.90 Å². The highest BCUT2D eigenvalue weighted by molar-refractivity contribution is 5.96. The van der Waals surface area contributed by atoms with Crippen LogP contribution >= 0.6 is 0 Å². The minimum Gasteiger partial charge on any atom is -0.334 e. The van der Waals surface area contributed by atoms with Crippen molar-refractivity contribution in [2.45, 2.75) is 33.1 Å². The summed E-state index contributed by atoms with van der Waals surface area (Å²) < 4.78 is 19.6. The van der Waals surface area contributed by atoms with Crippen molar-refractivity contribution in [1.82, 2.24) is 10.1 Å². The lowest BCUT2D eigenvalue weighted by molar-refractivity contribution is -0.117. The van der Waals surface area contributed by atoms with Gasteiger partial charge in [0.05, 0.1) is 5.69 Å². The number of benzene rings is 2. The number of aryl methyl sites for hydroxylation is 3. The van der Waals surface area contributed by atoms with Crippen LogP contribution in [0.5, 0.6) is 0 Å². The Morgan fingerprint density at radius 1 is 1.11 bits per heavy atom. The zero-order valence-electron chi connectivity index (χ0n) is 15.5. The molecule has 1 aromatic heterocycles. The van der Waals surface area contributed by atoms with E-state index in [0.29, 0.717) is 23.9 Å². The van der Waals surface area contributed by atoms with Crippen LogP contribution in [0, 0.1) is 26.6 Å². The summed E-state index contributed by atoms with van der Waals surface area (Å²) in [5, 5.41) is 4.07. The Balaban J connectivity index is 1.58. The molecule has 0 N–H and O–H groups in total. The largest absolute Gasteiger partial charge is 0.334 e. The number of hydrogen-bond donors (Lipinski definition) is 0. The molecular weight excluding hydrogens is 345 g/mol. The van der Waals surface area contributed by atoms with Gasteiger partial charge in [-0.3, -0.25) is 4.79 Å². The second-order valence-corrected chi connectivity index (χ2v) is 7.12. The molecule has 0 aliphatic carbocycles. The van der Waals surface area contributed by atoms with Crippen molar-refractivity contribution in [3.8, 4) is 11.5 Å². The molecule has 27 heavy (non-hydrogen) atoms. The first kappa shape index (κ1) is 17.4. The molecular formula is C21H20FN3O2. The van der Waals surface area contributed by atoms with Gasteiger partial charge >= 0.3 is 0 Å². The Hall–Kier alpha value is -3.02. The summed E-state index contributed by atoms with van der Waals surface area (Å²) >= 11 is 0. The number of hydrogen-bond acceptors (Lipinski definition) is 4. The van der Waals surface area contributed by atoms with Crippen LogP contribution in [0.3, 0.4) is 0 Å². The third-order valence-electron chi connectivity index (χ3n) is 5.08. The monoisotopic (exact) mass is 365 g/mol. The standard InChI is InChI=1S/C21H20FN3O2/c1-12-4-7-17(22)18(8-12)25-11-16(10-19(25)26)20-23-21(27-24-20)15-6-5-13(2)14(3)9-15/h4-9,16H,10-11H2,1-3H3. The van der Waals surface area contributed by atoms with Crippen LogP contribution in [-0.4, -0.2) is 22.6 Å². The fourth-order valence-electron chi connectivity index (χ4n) is 3.34. The number of aromatic nitrogens is 2. The maximum atomic E-state index is 14.2. The van der Waals surface area contributed by atoms with Crippen molar-refractivity contribution in [3.63, 3.8) is 0 Å². The molecule has 1 amide bonds. The van der Waals surface area contributed by atoms with Gasteiger partial charge in [-0.05, 0) is 61.7 Å². The molecule has 6 heteroatoms. The zero-order chi connectivity index (χ0) is 19.1. The van der Waals surface area contributed by atoms with Crippen LogP contribution in [0.1, 0.15) is 34.9 Å². The molecule has 1 aliphatic heterocycles. The quantitative estimate of drug-likeness (QED) is 0.693. The van der Waals surface area contributed by atoms with Gasteiger partial charge in [-0.25, -0.2) is 4.39 Å². The average molecular weight is 365 g/mol. The van der Waals surface area contributed by atoms with Crippen LogP contribution in [0.25, 0.3) is 11.5 Å². The predicted octanol–water partition coefficient (Wildman–Crippen LogP) is 4.32.